The minimum atomic E-state index is -0.496. The summed E-state index contributed by atoms with van der Waals surface area (Å²) in [6.45, 7) is 3.85. The van der Waals surface area contributed by atoms with Crippen LogP contribution in [0.15, 0.2) is 77.8 Å². The molecule has 1 unspecified atom stereocenters. The second-order valence-electron chi connectivity index (χ2n) is 9.45. The van der Waals surface area contributed by atoms with Gasteiger partial charge in [0, 0.05) is 23.5 Å². The minimum Gasteiger partial charge on any atom is -0.479 e. The van der Waals surface area contributed by atoms with Gasteiger partial charge in [-0.05, 0) is 67.7 Å². The van der Waals surface area contributed by atoms with Crippen molar-refractivity contribution < 1.29 is 13.5 Å². The van der Waals surface area contributed by atoms with Gasteiger partial charge in [-0.25, -0.2) is 9.37 Å². The number of fused-ring (bicyclic) bond motifs is 1. The van der Waals surface area contributed by atoms with Crippen LogP contribution in [0, 0.1) is 5.82 Å². The Morgan fingerprint density at radius 1 is 1.08 bits per heavy atom. The van der Waals surface area contributed by atoms with Crippen molar-refractivity contribution in [2.45, 2.75) is 31.9 Å². The molecule has 3 aromatic heterocycles. The highest BCUT2D eigenvalue weighted by molar-refractivity contribution is 5.97. The van der Waals surface area contributed by atoms with Crippen molar-refractivity contribution in [2.24, 2.45) is 0 Å². The Labute approximate surface area is 214 Å². The third-order valence-corrected chi connectivity index (χ3v) is 6.99. The molecule has 1 aliphatic heterocycles. The number of furan rings is 1. The van der Waals surface area contributed by atoms with Crippen LogP contribution in [0.5, 0.6) is 5.75 Å². The summed E-state index contributed by atoms with van der Waals surface area (Å²) in [4.78, 5) is 4.37. The highest BCUT2D eigenvalue weighted by Gasteiger charge is 2.22. The molecule has 0 aliphatic carbocycles. The van der Waals surface area contributed by atoms with E-state index in [0.717, 1.165) is 53.6 Å². The van der Waals surface area contributed by atoms with Gasteiger partial charge >= 0.3 is 0 Å². The zero-order valence-corrected chi connectivity index (χ0v) is 20.5. The lowest BCUT2D eigenvalue weighted by molar-refractivity contribution is 0.227. The molecule has 1 atom stereocenters. The first kappa shape index (κ1) is 23.2. The molecule has 0 bridgehead atoms. The minimum absolute atomic E-state index is 0.213. The molecule has 6 rings (SSSR count). The van der Waals surface area contributed by atoms with E-state index in [0.29, 0.717) is 22.9 Å². The third kappa shape index (κ3) is 4.56. The molecule has 1 saturated heterocycles. The number of hydrogen-bond acceptors (Lipinski definition) is 6. The smallest absolute Gasteiger partial charge is 0.205 e. The number of halogens is 1. The molecule has 2 aromatic carbocycles. The summed E-state index contributed by atoms with van der Waals surface area (Å²) in [5, 5.41) is 8.78. The Hall–Kier alpha value is -4.17. The van der Waals surface area contributed by atoms with Gasteiger partial charge in [-0.15, -0.1) is 0 Å². The van der Waals surface area contributed by atoms with Crippen LogP contribution < -0.4 is 15.8 Å². The summed E-state index contributed by atoms with van der Waals surface area (Å²) < 4.78 is 28.8. The second kappa shape index (κ2) is 9.71. The van der Waals surface area contributed by atoms with Crippen molar-refractivity contribution >= 4 is 16.8 Å². The number of pyridine rings is 1. The van der Waals surface area contributed by atoms with Gasteiger partial charge in [-0.3, -0.25) is 4.68 Å². The monoisotopic (exact) mass is 497 g/mol. The van der Waals surface area contributed by atoms with Crippen LogP contribution in [0.2, 0.25) is 0 Å². The first-order chi connectivity index (χ1) is 18.1. The fourth-order valence-corrected chi connectivity index (χ4v) is 4.95. The fourth-order valence-electron chi connectivity index (χ4n) is 4.95. The molecule has 1 fully saturated rings. The zero-order chi connectivity index (χ0) is 25.4. The van der Waals surface area contributed by atoms with Crippen LogP contribution in [0.3, 0.4) is 0 Å². The number of ether oxygens (including phenoxy) is 1. The van der Waals surface area contributed by atoms with E-state index in [9.17, 15) is 4.39 Å². The molecule has 188 valence electrons. The topological polar surface area (TPSA) is 91.1 Å². The Morgan fingerprint density at radius 3 is 2.70 bits per heavy atom. The summed E-state index contributed by atoms with van der Waals surface area (Å²) >= 11 is 0. The van der Waals surface area contributed by atoms with Crippen molar-refractivity contribution in [1.82, 2.24) is 20.1 Å². The van der Waals surface area contributed by atoms with E-state index in [1.165, 1.54) is 12.1 Å². The SMILES string of the molecule is CC(Oc1c(N)ncc2c(-c3cnn(C4CCNCC4)c3)coc12)c1cc(F)cc(-c2ccccc2)c1. The summed E-state index contributed by atoms with van der Waals surface area (Å²) in [6, 6.07) is 15.0. The van der Waals surface area contributed by atoms with Gasteiger partial charge in [0.15, 0.2) is 11.4 Å². The summed E-state index contributed by atoms with van der Waals surface area (Å²) in [5.74, 6) is 0.222. The zero-order valence-electron chi connectivity index (χ0n) is 20.5. The average Bonchev–Trinajstić information content (AvgIpc) is 3.58. The van der Waals surface area contributed by atoms with Crippen LogP contribution in [-0.4, -0.2) is 27.9 Å². The predicted octanol–water partition coefficient (Wildman–Crippen LogP) is 6.14. The third-order valence-electron chi connectivity index (χ3n) is 6.99. The van der Waals surface area contributed by atoms with Gasteiger partial charge in [0.05, 0.1) is 17.6 Å². The molecule has 0 amide bonds. The molecule has 1 aliphatic rings. The molecule has 5 aromatic rings. The summed E-state index contributed by atoms with van der Waals surface area (Å²) in [6.07, 6.45) is 8.88. The van der Waals surface area contributed by atoms with E-state index < -0.39 is 6.10 Å². The molecule has 0 saturated carbocycles. The Bertz CT molecular complexity index is 1540. The number of piperidine rings is 1. The molecule has 3 N–H and O–H groups in total. The maximum absolute atomic E-state index is 14.5. The quantitative estimate of drug-likeness (QED) is 0.293. The molecule has 37 heavy (non-hydrogen) atoms. The molecular formula is C29H28FN5O2. The van der Waals surface area contributed by atoms with Gasteiger partial charge in [0.2, 0.25) is 5.75 Å². The van der Waals surface area contributed by atoms with E-state index in [4.69, 9.17) is 14.9 Å². The van der Waals surface area contributed by atoms with Gasteiger partial charge < -0.3 is 20.2 Å². The van der Waals surface area contributed by atoms with E-state index >= 15 is 0 Å². The largest absolute Gasteiger partial charge is 0.479 e. The van der Waals surface area contributed by atoms with Gasteiger partial charge in [-0.2, -0.15) is 5.10 Å². The van der Waals surface area contributed by atoms with Crippen molar-refractivity contribution in [3.8, 4) is 28.0 Å². The van der Waals surface area contributed by atoms with Crippen molar-refractivity contribution in [1.29, 1.82) is 0 Å². The van der Waals surface area contributed by atoms with Crippen molar-refractivity contribution in [2.75, 3.05) is 18.8 Å². The van der Waals surface area contributed by atoms with Crippen LogP contribution in [-0.2, 0) is 0 Å². The van der Waals surface area contributed by atoms with Gasteiger partial charge in [0.1, 0.15) is 18.2 Å². The lowest BCUT2D eigenvalue weighted by Crippen LogP contribution is -2.29. The number of nitrogens with zero attached hydrogens (tertiary/aromatic N) is 3. The standard InChI is InChI=1S/C29H28FN5O2/c1-18(20-11-21(13-23(30)12-20)19-5-3-2-4-6-19)37-28-27-25(15-33-29(28)31)26(17-36-27)22-14-34-35(16-22)24-7-9-32-10-8-24/h2-6,11-18,24,32H,7-10H2,1H3,(H2,31,33). The number of nitrogens with one attached hydrogen (secondary N) is 1. The number of benzene rings is 2. The highest BCUT2D eigenvalue weighted by atomic mass is 19.1. The molecule has 4 heterocycles. The second-order valence-corrected chi connectivity index (χ2v) is 9.45. The summed E-state index contributed by atoms with van der Waals surface area (Å²) in [7, 11) is 0. The van der Waals surface area contributed by atoms with Crippen molar-refractivity contribution in [3.05, 3.63) is 84.8 Å². The van der Waals surface area contributed by atoms with Gasteiger partial charge in [0.25, 0.3) is 0 Å². The average molecular weight is 498 g/mol. The number of nitrogen functional groups attached to an aromatic ring is 1. The van der Waals surface area contributed by atoms with E-state index in [1.54, 1.807) is 12.5 Å². The number of rotatable bonds is 6. The maximum Gasteiger partial charge on any atom is 0.205 e. The Kier molecular flexibility index (Phi) is 6.10. The fraction of sp³-hybridized carbons (Fsp3) is 0.241. The van der Waals surface area contributed by atoms with E-state index in [1.807, 2.05) is 54.2 Å². The van der Waals surface area contributed by atoms with Gasteiger partial charge in [-0.1, -0.05) is 30.3 Å². The maximum atomic E-state index is 14.5. The molecule has 0 spiro atoms. The van der Waals surface area contributed by atoms with E-state index in [2.05, 4.69) is 21.6 Å². The van der Waals surface area contributed by atoms with E-state index in [-0.39, 0.29) is 11.6 Å². The number of anilines is 1. The normalized spacial score (nSPS) is 15.2. The Balaban J connectivity index is 1.31. The number of nitrogens with two attached hydrogens (primary N) is 1. The van der Waals surface area contributed by atoms with Crippen LogP contribution in [0.25, 0.3) is 33.2 Å². The summed E-state index contributed by atoms with van der Waals surface area (Å²) in [5.41, 5.74) is 10.9. The van der Waals surface area contributed by atoms with Crippen LogP contribution in [0.1, 0.15) is 37.5 Å². The lowest BCUT2D eigenvalue weighted by Gasteiger charge is -2.22. The first-order valence-electron chi connectivity index (χ1n) is 12.5. The first-order valence-corrected chi connectivity index (χ1v) is 12.5. The van der Waals surface area contributed by atoms with Crippen LogP contribution >= 0.6 is 0 Å². The molecule has 0 radical (unpaired) electrons. The number of aromatic nitrogens is 3. The number of hydrogen-bond donors (Lipinski definition) is 2. The lowest BCUT2D eigenvalue weighted by atomic mass is 10.0. The highest BCUT2D eigenvalue weighted by Crippen LogP contribution is 2.40. The molecule has 8 heteroatoms. The molecular weight excluding hydrogens is 469 g/mol. The van der Waals surface area contributed by atoms with Crippen molar-refractivity contribution in [3.63, 3.8) is 0 Å². The Morgan fingerprint density at radius 2 is 1.89 bits per heavy atom. The molecule has 7 nitrogen and oxygen atoms in total. The predicted molar refractivity (Wildman–Crippen MR) is 142 cm³/mol. The van der Waals surface area contributed by atoms with Crippen LogP contribution in [0.4, 0.5) is 10.2 Å².